The van der Waals surface area contributed by atoms with Gasteiger partial charge in [-0.3, -0.25) is 15.2 Å². The van der Waals surface area contributed by atoms with Crippen molar-refractivity contribution in [2.45, 2.75) is 116 Å². The quantitative estimate of drug-likeness (QED) is 0.182. The SMILES string of the molecule is CC(C)(C)OC(=O)Nc1sc2c(F)cnc(-c3c4c(c5c(N6C7CCC6CN(C(=O)OC(C)(C)C)C7)nc(OCC6(CN7CC[C@H](F)C7)CC6)nc5c3F)COC4)c2c1C#N. The molecule has 0 spiro atoms. The number of piperazine rings is 1. The molecule has 4 aromatic rings. The fourth-order valence-corrected chi connectivity index (χ4v) is 10.2. The maximum absolute atomic E-state index is 17.9. The van der Waals surface area contributed by atoms with Crippen molar-refractivity contribution in [2.75, 3.05) is 49.5 Å². The van der Waals surface area contributed by atoms with Crippen LogP contribution in [0.25, 0.3) is 32.2 Å². The van der Waals surface area contributed by atoms with E-state index < -0.39 is 41.2 Å². The maximum Gasteiger partial charge on any atom is 0.412 e. The van der Waals surface area contributed by atoms with Crippen LogP contribution in [-0.2, 0) is 27.4 Å². The highest BCUT2D eigenvalue weighted by Crippen LogP contribution is 2.50. The molecule has 9 rings (SSSR count). The molecule has 4 fully saturated rings. The Bertz CT molecular complexity index is 2480. The highest BCUT2D eigenvalue weighted by atomic mass is 32.1. The lowest BCUT2D eigenvalue weighted by atomic mass is 9.93. The van der Waals surface area contributed by atoms with Crippen molar-refractivity contribution in [2.24, 2.45) is 5.41 Å². The van der Waals surface area contributed by atoms with Crippen molar-refractivity contribution in [1.82, 2.24) is 24.8 Å². The number of aromatic nitrogens is 3. The number of carbonyl (C=O) groups is 2. The number of thiophene rings is 1. The number of rotatable bonds is 8. The van der Waals surface area contributed by atoms with Crippen LogP contribution in [0.2, 0.25) is 0 Å². The number of carbonyl (C=O) groups excluding carboxylic acids is 2. The van der Waals surface area contributed by atoms with E-state index in [1.807, 2.05) is 20.8 Å². The average Bonchev–Trinajstić information content (AvgIpc) is 3.47. The van der Waals surface area contributed by atoms with Gasteiger partial charge in [-0.2, -0.15) is 15.2 Å². The molecular formula is C43H49F3N8O6S. The fourth-order valence-electron chi connectivity index (χ4n) is 9.21. The minimum atomic E-state index is -0.847. The molecule has 1 saturated carbocycles. The fraction of sp³-hybridized carbons (Fsp3) is 0.581. The van der Waals surface area contributed by atoms with E-state index in [4.69, 9.17) is 28.9 Å². The highest BCUT2D eigenvalue weighted by molar-refractivity contribution is 7.23. The second-order valence-corrected chi connectivity index (χ2v) is 20.0. The van der Waals surface area contributed by atoms with Crippen LogP contribution >= 0.6 is 11.3 Å². The lowest BCUT2D eigenvalue weighted by Crippen LogP contribution is -2.56. The van der Waals surface area contributed by atoms with Gasteiger partial charge in [0.25, 0.3) is 0 Å². The second-order valence-electron chi connectivity index (χ2n) is 19.0. The van der Waals surface area contributed by atoms with Crippen LogP contribution in [0.5, 0.6) is 6.01 Å². The number of amides is 2. The first-order valence-corrected chi connectivity index (χ1v) is 21.6. The molecule has 3 atom stereocenters. The number of alkyl halides is 1. The molecule has 5 aliphatic rings. The summed E-state index contributed by atoms with van der Waals surface area (Å²) in [4.78, 5) is 46.3. The van der Waals surface area contributed by atoms with E-state index in [1.54, 1.807) is 25.7 Å². The van der Waals surface area contributed by atoms with E-state index in [1.165, 1.54) is 0 Å². The number of nitrogens with zero attached hydrogens (tertiary/aromatic N) is 7. The highest BCUT2D eigenvalue weighted by Gasteiger charge is 2.47. The molecule has 2 bridgehead atoms. The van der Waals surface area contributed by atoms with Gasteiger partial charge in [0.05, 0.1) is 47.4 Å². The van der Waals surface area contributed by atoms with Crippen molar-refractivity contribution in [3.63, 3.8) is 0 Å². The molecule has 4 aliphatic heterocycles. The van der Waals surface area contributed by atoms with Crippen LogP contribution in [0.15, 0.2) is 6.20 Å². The molecule has 61 heavy (non-hydrogen) atoms. The number of likely N-dealkylation sites (tertiary alicyclic amines) is 2. The number of hydrogen-bond donors (Lipinski definition) is 1. The summed E-state index contributed by atoms with van der Waals surface area (Å²) in [5.41, 5.74) is -0.827. The van der Waals surface area contributed by atoms with Crippen molar-refractivity contribution in [3.05, 3.63) is 34.5 Å². The molecule has 3 saturated heterocycles. The van der Waals surface area contributed by atoms with Crippen LogP contribution in [0, 0.1) is 28.4 Å². The van der Waals surface area contributed by atoms with Crippen molar-refractivity contribution >= 4 is 55.3 Å². The first-order valence-electron chi connectivity index (χ1n) is 20.8. The number of halogens is 3. The number of nitriles is 1. The Morgan fingerprint density at radius 1 is 1.00 bits per heavy atom. The Hall–Kier alpha value is -4.99. The van der Waals surface area contributed by atoms with Gasteiger partial charge >= 0.3 is 18.2 Å². The number of fused-ring (bicyclic) bond motifs is 6. The third-order valence-electron chi connectivity index (χ3n) is 12.0. The number of pyridine rings is 1. The Kier molecular flexibility index (Phi) is 10.3. The summed E-state index contributed by atoms with van der Waals surface area (Å²) >= 11 is 0.826. The summed E-state index contributed by atoms with van der Waals surface area (Å²) in [6, 6.07) is 1.70. The van der Waals surface area contributed by atoms with Crippen LogP contribution in [0.3, 0.4) is 0 Å². The topological polar surface area (TPSA) is 155 Å². The lowest BCUT2D eigenvalue weighted by Gasteiger charge is -2.42. The van der Waals surface area contributed by atoms with Crippen LogP contribution in [0.1, 0.15) is 90.3 Å². The molecule has 0 radical (unpaired) electrons. The maximum atomic E-state index is 17.9. The van der Waals surface area contributed by atoms with Gasteiger partial charge in [0, 0.05) is 61.2 Å². The molecule has 7 heterocycles. The predicted octanol–water partition coefficient (Wildman–Crippen LogP) is 8.22. The third-order valence-corrected chi connectivity index (χ3v) is 13.1. The molecule has 3 aromatic heterocycles. The van der Waals surface area contributed by atoms with E-state index in [0.29, 0.717) is 61.5 Å². The molecular weight excluding hydrogens is 814 g/mol. The Balaban J connectivity index is 1.17. The van der Waals surface area contributed by atoms with E-state index in [9.17, 15) is 19.2 Å². The Morgan fingerprint density at radius 3 is 2.34 bits per heavy atom. The van der Waals surface area contributed by atoms with E-state index in [2.05, 4.69) is 26.2 Å². The summed E-state index contributed by atoms with van der Waals surface area (Å²) < 4.78 is 71.2. The van der Waals surface area contributed by atoms with Gasteiger partial charge in [-0.15, -0.1) is 11.3 Å². The number of nitrogens with one attached hydrogen (secondary N) is 1. The van der Waals surface area contributed by atoms with Gasteiger partial charge in [0.15, 0.2) is 11.6 Å². The predicted molar refractivity (Wildman–Crippen MR) is 221 cm³/mol. The van der Waals surface area contributed by atoms with Gasteiger partial charge in [-0.25, -0.2) is 22.8 Å². The number of benzene rings is 1. The summed E-state index contributed by atoms with van der Waals surface area (Å²) in [5.74, 6) is -1.07. The van der Waals surface area contributed by atoms with Crippen molar-refractivity contribution in [1.29, 1.82) is 5.26 Å². The van der Waals surface area contributed by atoms with Crippen LogP contribution < -0.4 is 15.0 Å². The largest absolute Gasteiger partial charge is 0.463 e. The summed E-state index contributed by atoms with van der Waals surface area (Å²) in [6.45, 7) is 13.4. The summed E-state index contributed by atoms with van der Waals surface area (Å²) in [5, 5.41) is 13.5. The van der Waals surface area contributed by atoms with Gasteiger partial charge in [0.1, 0.15) is 39.8 Å². The van der Waals surface area contributed by atoms with Gasteiger partial charge < -0.3 is 28.7 Å². The Morgan fingerprint density at radius 2 is 1.70 bits per heavy atom. The standard InChI is InChI=1S/C43H49F3N8O6S/c1-41(2,3)59-39(55)51-37-25(13-47)30-33(48-14-28(45)35(30)61-37)29-26-18-57-19-27(26)31-34(32(29)46)49-38(58-21-43(10-11-43)20-52-12-9-22(44)15-52)50-36(31)54-23-7-8-24(54)17-53(16-23)40(56)60-42(4,5)6/h14,22-24H,7-12,15-21H2,1-6H3,(H,51,55)/t22-,23?,24?/m0/s1. The monoisotopic (exact) mass is 862 g/mol. The van der Waals surface area contributed by atoms with E-state index in [-0.39, 0.29) is 80.8 Å². The van der Waals surface area contributed by atoms with E-state index in [0.717, 1.165) is 43.2 Å². The molecule has 2 amide bonds. The van der Waals surface area contributed by atoms with Crippen LogP contribution in [-0.4, -0.2) is 106 Å². The molecule has 18 heteroatoms. The zero-order valence-electron chi connectivity index (χ0n) is 35.1. The zero-order chi connectivity index (χ0) is 43.2. The normalized spacial score (nSPS) is 22.1. The molecule has 1 aliphatic carbocycles. The first kappa shape index (κ1) is 41.4. The van der Waals surface area contributed by atoms with Crippen LogP contribution in [0.4, 0.5) is 33.6 Å². The lowest BCUT2D eigenvalue weighted by molar-refractivity contribution is 0.0209. The summed E-state index contributed by atoms with van der Waals surface area (Å²) in [7, 11) is 0. The molecule has 2 unspecified atom stereocenters. The van der Waals surface area contributed by atoms with Gasteiger partial charge in [-0.1, -0.05) is 0 Å². The van der Waals surface area contributed by atoms with E-state index >= 15 is 8.78 Å². The zero-order valence-corrected chi connectivity index (χ0v) is 35.9. The van der Waals surface area contributed by atoms with Gasteiger partial charge in [0.2, 0.25) is 0 Å². The minimum Gasteiger partial charge on any atom is -0.463 e. The summed E-state index contributed by atoms with van der Waals surface area (Å²) in [6.07, 6.45) is 2.68. The third kappa shape index (κ3) is 7.89. The van der Waals surface area contributed by atoms with Crippen molar-refractivity contribution < 1.29 is 41.7 Å². The smallest absolute Gasteiger partial charge is 0.412 e. The number of ether oxygens (including phenoxy) is 4. The second kappa shape index (κ2) is 15.1. The Labute approximate surface area is 355 Å². The minimum absolute atomic E-state index is 0.00146. The molecule has 1 aromatic carbocycles. The number of anilines is 2. The molecule has 14 nitrogen and oxygen atoms in total. The average molecular weight is 863 g/mol. The van der Waals surface area contributed by atoms with Crippen molar-refractivity contribution in [3.8, 4) is 23.3 Å². The molecule has 1 N–H and O–H groups in total. The molecule has 324 valence electrons. The van der Waals surface area contributed by atoms with Gasteiger partial charge in [-0.05, 0) is 84.8 Å². The first-order chi connectivity index (χ1) is 28.9. The number of hydrogen-bond acceptors (Lipinski definition) is 13.